The fourth-order valence-corrected chi connectivity index (χ4v) is 2.56. The van der Waals surface area contributed by atoms with Crippen molar-refractivity contribution < 1.29 is 4.74 Å². The third-order valence-corrected chi connectivity index (χ3v) is 4.05. The van der Waals surface area contributed by atoms with Crippen LogP contribution < -0.4 is 5.56 Å². The van der Waals surface area contributed by atoms with Gasteiger partial charge in [0.2, 0.25) is 0 Å². The Balaban J connectivity index is 2.01. The Kier molecular flexibility index (Phi) is 5.21. The predicted octanol–water partition coefficient (Wildman–Crippen LogP) is 4.33. The summed E-state index contributed by atoms with van der Waals surface area (Å²) in [5.74, 6) is 0. The van der Waals surface area contributed by atoms with E-state index in [9.17, 15) is 4.79 Å². The molecule has 0 saturated carbocycles. The van der Waals surface area contributed by atoms with E-state index < -0.39 is 0 Å². The standard InChI is InChI=1S/C17H15IN4O2/c1-24-11-15-16(20-19-13-9-7-12(18)8-10-13)17(23)22(21-15)14-5-3-2-4-6-14/h2-10,21H,11H2,1H3. The largest absolute Gasteiger partial charge is 0.378 e. The molecule has 0 fully saturated rings. The topological polar surface area (TPSA) is 71.7 Å². The molecule has 0 atom stereocenters. The first-order valence-electron chi connectivity index (χ1n) is 7.24. The van der Waals surface area contributed by atoms with Crippen LogP contribution in [-0.2, 0) is 11.3 Å². The summed E-state index contributed by atoms with van der Waals surface area (Å²) in [7, 11) is 1.57. The minimum Gasteiger partial charge on any atom is -0.378 e. The van der Waals surface area contributed by atoms with Gasteiger partial charge in [-0.3, -0.25) is 9.89 Å². The zero-order chi connectivity index (χ0) is 16.9. The first-order chi connectivity index (χ1) is 11.7. The molecule has 3 aromatic rings. The number of aromatic nitrogens is 2. The van der Waals surface area contributed by atoms with Gasteiger partial charge in [0, 0.05) is 10.7 Å². The maximum atomic E-state index is 12.7. The van der Waals surface area contributed by atoms with Crippen molar-refractivity contribution in [1.82, 2.24) is 9.78 Å². The van der Waals surface area contributed by atoms with Gasteiger partial charge in [-0.1, -0.05) is 18.2 Å². The molecule has 0 bridgehead atoms. The molecule has 0 aliphatic heterocycles. The van der Waals surface area contributed by atoms with Gasteiger partial charge >= 0.3 is 0 Å². The van der Waals surface area contributed by atoms with Gasteiger partial charge in [-0.05, 0) is 59.0 Å². The number of hydrogen-bond acceptors (Lipinski definition) is 4. The lowest BCUT2D eigenvalue weighted by Crippen LogP contribution is -2.13. The predicted molar refractivity (Wildman–Crippen MR) is 100 cm³/mol. The fraction of sp³-hybridized carbons (Fsp3) is 0.118. The number of ether oxygens (including phenoxy) is 1. The van der Waals surface area contributed by atoms with Crippen LogP contribution in [0.25, 0.3) is 5.69 Å². The number of halogens is 1. The molecule has 0 saturated heterocycles. The van der Waals surface area contributed by atoms with E-state index in [2.05, 4.69) is 37.9 Å². The van der Waals surface area contributed by atoms with Gasteiger partial charge < -0.3 is 4.74 Å². The quantitative estimate of drug-likeness (QED) is 0.480. The van der Waals surface area contributed by atoms with Crippen LogP contribution in [0.15, 0.2) is 69.6 Å². The Hall–Kier alpha value is -2.26. The molecule has 1 heterocycles. The molecule has 0 unspecified atom stereocenters. The van der Waals surface area contributed by atoms with Crippen molar-refractivity contribution in [3.05, 3.63) is 74.2 Å². The number of hydrogen-bond donors (Lipinski definition) is 1. The summed E-state index contributed by atoms with van der Waals surface area (Å²) in [6.07, 6.45) is 0. The van der Waals surface area contributed by atoms with E-state index in [1.165, 1.54) is 4.68 Å². The average molecular weight is 434 g/mol. The van der Waals surface area contributed by atoms with Gasteiger partial charge in [-0.2, -0.15) is 5.11 Å². The van der Waals surface area contributed by atoms with Gasteiger partial charge in [0.05, 0.1) is 23.7 Å². The molecular weight excluding hydrogens is 419 g/mol. The first kappa shape index (κ1) is 16.6. The van der Waals surface area contributed by atoms with Crippen LogP contribution in [0.2, 0.25) is 0 Å². The molecule has 0 spiro atoms. The third kappa shape index (κ3) is 3.62. The van der Waals surface area contributed by atoms with E-state index in [-0.39, 0.29) is 17.9 Å². The highest BCUT2D eigenvalue weighted by atomic mass is 127. The highest BCUT2D eigenvalue weighted by Gasteiger charge is 2.15. The van der Waals surface area contributed by atoms with Crippen LogP contribution in [0.1, 0.15) is 5.69 Å². The number of nitrogens with one attached hydrogen (secondary N) is 1. The molecule has 0 amide bonds. The van der Waals surface area contributed by atoms with Gasteiger partial charge in [0.25, 0.3) is 5.56 Å². The maximum Gasteiger partial charge on any atom is 0.299 e. The lowest BCUT2D eigenvalue weighted by atomic mass is 10.3. The molecule has 0 aliphatic rings. The van der Waals surface area contributed by atoms with Crippen molar-refractivity contribution >= 4 is 34.0 Å². The lowest BCUT2D eigenvalue weighted by Gasteiger charge is -2.00. The van der Waals surface area contributed by atoms with E-state index in [4.69, 9.17) is 4.74 Å². The van der Waals surface area contributed by atoms with Gasteiger partial charge in [0.1, 0.15) is 0 Å². The van der Waals surface area contributed by atoms with E-state index in [0.717, 1.165) is 9.26 Å². The summed E-state index contributed by atoms with van der Waals surface area (Å²) in [5, 5.41) is 11.3. The highest BCUT2D eigenvalue weighted by molar-refractivity contribution is 14.1. The monoisotopic (exact) mass is 434 g/mol. The molecule has 6 nitrogen and oxygen atoms in total. The van der Waals surface area contributed by atoms with E-state index >= 15 is 0 Å². The average Bonchev–Trinajstić information content (AvgIpc) is 2.91. The lowest BCUT2D eigenvalue weighted by molar-refractivity contribution is 0.181. The van der Waals surface area contributed by atoms with Gasteiger partial charge in [0.15, 0.2) is 5.69 Å². The molecule has 0 radical (unpaired) electrons. The van der Waals surface area contributed by atoms with Crippen molar-refractivity contribution in [3.8, 4) is 5.69 Å². The third-order valence-electron chi connectivity index (χ3n) is 3.33. The van der Waals surface area contributed by atoms with Gasteiger partial charge in [-0.25, -0.2) is 4.68 Å². The van der Waals surface area contributed by atoms with Crippen molar-refractivity contribution in [2.45, 2.75) is 6.61 Å². The molecular formula is C17H15IN4O2. The second kappa shape index (κ2) is 7.54. The number of para-hydroxylation sites is 1. The Morgan fingerprint density at radius 1 is 1.08 bits per heavy atom. The molecule has 2 aromatic carbocycles. The Morgan fingerprint density at radius 2 is 1.79 bits per heavy atom. The number of aromatic amines is 1. The Bertz CT molecular complexity index is 899. The minimum absolute atomic E-state index is 0.246. The number of H-pyrrole nitrogens is 1. The summed E-state index contributed by atoms with van der Waals surface area (Å²) in [5.41, 5.74) is 1.99. The zero-order valence-electron chi connectivity index (χ0n) is 12.9. The SMILES string of the molecule is COCc1[nH]n(-c2ccccc2)c(=O)c1N=Nc1ccc(I)cc1. The Morgan fingerprint density at radius 3 is 2.46 bits per heavy atom. The molecule has 122 valence electrons. The van der Waals surface area contributed by atoms with Crippen LogP contribution in [0.3, 0.4) is 0 Å². The summed E-state index contributed by atoms with van der Waals surface area (Å²) in [4.78, 5) is 12.7. The Labute approximate surface area is 152 Å². The van der Waals surface area contributed by atoms with Crippen molar-refractivity contribution in [3.63, 3.8) is 0 Å². The maximum absolute atomic E-state index is 12.7. The van der Waals surface area contributed by atoms with Crippen LogP contribution in [0.5, 0.6) is 0 Å². The van der Waals surface area contributed by atoms with Gasteiger partial charge in [-0.15, -0.1) is 5.11 Å². The summed E-state index contributed by atoms with van der Waals surface area (Å²) < 4.78 is 7.71. The van der Waals surface area contributed by atoms with Crippen LogP contribution in [-0.4, -0.2) is 16.9 Å². The minimum atomic E-state index is -0.262. The summed E-state index contributed by atoms with van der Waals surface area (Å²) in [6.45, 7) is 0.246. The summed E-state index contributed by atoms with van der Waals surface area (Å²) >= 11 is 2.22. The zero-order valence-corrected chi connectivity index (χ0v) is 15.1. The molecule has 0 aliphatic carbocycles. The molecule has 1 aromatic heterocycles. The van der Waals surface area contributed by atoms with Crippen LogP contribution >= 0.6 is 22.6 Å². The fourth-order valence-electron chi connectivity index (χ4n) is 2.20. The highest BCUT2D eigenvalue weighted by Crippen LogP contribution is 2.20. The van der Waals surface area contributed by atoms with E-state index in [1.807, 2.05) is 54.6 Å². The second-order valence-electron chi connectivity index (χ2n) is 5.02. The summed E-state index contributed by atoms with van der Waals surface area (Å²) in [6, 6.07) is 16.9. The van der Waals surface area contributed by atoms with E-state index in [1.54, 1.807) is 7.11 Å². The molecule has 3 rings (SSSR count). The number of methoxy groups -OCH3 is 1. The van der Waals surface area contributed by atoms with Crippen molar-refractivity contribution in [1.29, 1.82) is 0 Å². The molecule has 7 heteroatoms. The first-order valence-corrected chi connectivity index (χ1v) is 8.32. The smallest absolute Gasteiger partial charge is 0.299 e. The van der Waals surface area contributed by atoms with E-state index in [0.29, 0.717) is 11.4 Å². The normalized spacial score (nSPS) is 11.2. The number of azo groups is 1. The van der Waals surface area contributed by atoms with Crippen molar-refractivity contribution in [2.75, 3.05) is 7.11 Å². The van der Waals surface area contributed by atoms with Crippen LogP contribution in [0.4, 0.5) is 11.4 Å². The van der Waals surface area contributed by atoms with Crippen LogP contribution in [0, 0.1) is 3.57 Å². The molecule has 1 N–H and O–H groups in total. The number of nitrogens with zero attached hydrogens (tertiary/aromatic N) is 3. The number of rotatable bonds is 5. The molecule has 24 heavy (non-hydrogen) atoms. The number of benzene rings is 2. The van der Waals surface area contributed by atoms with Crippen molar-refractivity contribution in [2.24, 2.45) is 10.2 Å². The second-order valence-corrected chi connectivity index (χ2v) is 6.27.